The minimum atomic E-state index is -0.473. The summed E-state index contributed by atoms with van der Waals surface area (Å²) < 4.78 is 13.3. The Labute approximate surface area is 118 Å². The zero-order valence-electron chi connectivity index (χ0n) is 11.6. The number of aromatic nitrogens is 1. The number of pyridine rings is 1. The lowest BCUT2D eigenvalue weighted by molar-refractivity contribution is 0.315. The van der Waals surface area contributed by atoms with Crippen LogP contribution in [-0.2, 0) is 13.1 Å². The number of rotatable bonds is 4. The molecule has 1 heterocycles. The summed E-state index contributed by atoms with van der Waals surface area (Å²) in [7, 11) is 1.97. The third-order valence-electron chi connectivity index (χ3n) is 2.98. The van der Waals surface area contributed by atoms with E-state index >= 15 is 0 Å². The fourth-order valence-corrected chi connectivity index (χ4v) is 2.09. The molecule has 0 N–H and O–H groups in total. The number of hydrogen-bond acceptors (Lipinski definition) is 3. The number of hydrogen-bond donors (Lipinski definition) is 0. The molecule has 4 heteroatoms. The van der Waals surface area contributed by atoms with Crippen LogP contribution in [-0.4, -0.2) is 16.9 Å². The van der Waals surface area contributed by atoms with Crippen molar-refractivity contribution in [2.24, 2.45) is 0 Å². The van der Waals surface area contributed by atoms with Crippen LogP contribution < -0.4 is 0 Å². The van der Waals surface area contributed by atoms with Crippen LogP contribution in [0.1, 0.15) is 22.5 Å². The van der Waals surface area contributed by atoms with E-state index in [0.717, 1.165) is 17.0 Å². The standard InChI is InChI=1S/C16H16FN3/c1-12-4-3-5-15(19-12)11-20(2)10-13-6-7-16(17)14(8-13)9-18/h3-8H,10-11H2,1-2H3. The highest BCUT2D eigenvalue weighted by Crippen LogP contribution is 2.12. The molecule has 0 fully saturated rings. The van der Waals surface area contributed by atoms with E-state index in [4.69, 9.17) is 5.26 Å². The van der Waals surface area contributed by atoms with Gasteiger partial charge in [-0.15, -0.1) is 0 Å². The van der Waals surface area contributed by atoms with Crippen LogP contribution >= 0.6 is 0 Å². The number of nitriles is 1. The van der Waals surface area contributed by atoms with Crippen LogP contribution in [0.2, 0.25) is 0 Å². The van der Waals surface area contributed by atoms with Gasteiger partial charge in [-0.3, -0.25) is 9.88 Å². The fourth-order valence-electron chi connectivity index (χ4n) is 2.09. The highest BCUT2D eigenvalue weighted by atomic mass is 19.1. The third kappa shape index (κ3) is 3.62. The summed E-state index contributed by atoms with van der Waals surface area (Å²) in [6.45, 7) is 3.31. The molecule has 3 nitrogen and oxygen atoms in total. The molecule has 0 unspecified atom stereocenters. The van der Waals surface area contributed by atoms with Crippen molar-refractivity contribution in [1.29, 1.82) is 5.26 Å². The Kier molecular flexibility index (Phi) is 4.44. The van der Waals surface area contributed by atoms with Crippen molar-refractivity contribution in [3.05, 3.63) is 64.7 Å². The van der Waals surface area contributed by atoms with E-state index in [0.29, 0.717) is 13.1 Å². The normalized spacial score (nSPS) is 10.6. The van der Waals surface area contributed by atoms with E-state index in [9.17, 15) is 4.39 Å². The highest BCUT2D eigenvalue weighted by Gasteiger charge is 2.06. The molecular weight excluding hydrogens is 253 g/mol. The summed E-state index contributed by atoms with van der Waals surface area (Å²) in [4.78, 5) is 6.53. The second kappa shape index (κ2) is 6.27. The Morgan fingerprint density at radius 1 is 1.25 bits per heavy atom. The quantitative estimate of drug-likeness (QED) is 0.856. The molecular formula is C16H16FN3. The smallest absolute Gasteiger partial charge is 0.140 e. The maximum Gasteiger partial charge on any atom is 0.140 e. The maximum absolute atomic E-state index is 13.3. The molecule has 0 saturated carbocycles. The molecule has 0 saturated heterocycles. The molecule has 0 radical (unpaired) electrons. The van der Waals surface area contributed by atoms with Crippen molar-refractivity contribution >= 4 is 0 Å². The molecule has 102 valence electrons. The fraction of sp³-hybridized carbons (Fsp3) is 0.250. The third-order valence-corrected chi connectivity index (χ3v) is 2.98. The average Bonchev–Trinajstić information content (AvgIpc) is 2.41. The lowest BCUT2D eigenvalue weighted by atomic mass is 10.1. The van der Waals surface area contributed by atoms with E-state index in [1.165, 1.54) is 6.07 Å². The van der Waals surface area contributed by atoms with E-state index in [1.54, 1.807) is 12.1 Å². The van der Waals surface area contributed by atoms with Crippen LogP contribution in [0.5, 0.6) is 0 Å². The molecule has 1 aromatic heterocycles. The van der Waals surface area contributed by atoms with Gasteiger partial charge in [0.25, 0.3) is 0 Å². The van der Waals surface area contributed by atoms with Crippen molar-refractivity contribution in [3.8, 4) is 6.07 Å². The summed E-state index contributed by atoms with van der Waals surface area (Å²) >= 11 is 0. The molecule has 1 aromatic carbocycles. The van der Waals surface area contributed by atoms with Crippen molar-refractivity contribution in [3.63, 3.8) is 0 Å². The largest absolute Gasteiger partial charge is 0.296 e. The summed E-state index contributed by atoms with van der Waals surface area (Å²) in [6.07, 6.45) is 0. The first-order valence-electron chi connectivity index (χ1n) is 6.38. The molecule has 0 amide bonds. The Balaban J connectivity index is 2.05. The highest BCUT2D eigenvalue weighted by molar-refractivity contribution is 5.34. The minimum absolute atomic E-state index is 0.0876. The number of nitrogens with zero attached hydrogens (tertiary/aromatic N) is 3. The lowest BCUT2D eigenvalue weighted by Crippen LogP contribution is -2.18. The first-order chi connectivity index (χ1) is 9.58. The van der Waals surface area contributed by atoms with E-state index in [-0.39, 0.29) is 5.56 Å². The van der Waals surface area contributed by atoms with Crippen LogP contribution in [0.3, 0.4) is 0 Å². The van der Waals surface area contributed by atoms with Gasteiger partial charge in [0, 0.05) is 18.8 Å². The summed E-state index contributed by atoms with van der Waals surface area (Å²) in [6, 6.07) is 12.4. The van der Waals surface area contributed by atoms with Crippen molar-refractivity contribution in [1.82, 2.24) is 9.88 Å². The second-order valence-electron chi connectivity index (χ2n) is 4.87. The average molecular weight is 269 g/mol. The van der Waals surface area contributed by atoms with Crippen LogP contribution in [0.4, 0.5) is 4.39 Å². The van der Waals surface area contributed by atoms with Gasteiger partial charge in [-0.1, -0.05) is 12.1 Å². The number of halogens is 1. The predicted molar refractivity (Wildman–Crippen MR) is 75.3 cm³/mol. The molecule has 0 aliphatic carbocycles. The van der Waals surface area contributed by atoms with Crippen molar-refractivity contribution in [2.75, 3.05) is 7.05 Å². The SMILES string of the molecule is Cc1cccc(CN(C)Cc2ccc(F)c(C#N)c2)n1. The van der Waals surface area contributed by atoms with Gasteiger partial charge in [0.2, 0.25) is 0 Å². The molecule has 0 atom stereocenters. The van der Waals surface area contributed by atoms with E-state index in [2.05, 4.69) is 9.88 Å². The van der Waals surface area contributed by atoms with Gasteiger partial charge in [0.1, 0.15) is 11.9 Å². The van der Waals surface area contributed by atoms with Gasteiger partial charge in [-0.2, -0.15) is 5.26 Å². The van der Waals surface area contributed by atoms with E-state index in [1.807, 2.05) is 38.2 Å². The van der Waals surface area contributed by atoms with Crippen molar-refractivity contribution in [2.45, 2.75) is 20.0 Å². The molecule has 20 heavy (non-hydrogen) atoms. The molecule has 2 rings (SSSR count). The zero-order valence-corrected chi connectivity index (χ0v) is 11.6. The zero-order chi connectivity index (χ0) is 14.5. The first-order valence-corrected chi connectivity index (χ1v) is 6.38. The van der Waals surface area contributed by atoms with Gasteiger partial charge >= 0.3 is 0 Å². The monoisotopic (exact) mass is 269 g/mol. The Morgan fingerprint density at radius 2 is 2.05 bits per heavy atom. The lowest BCUT2D eigenvalue weighted by Gasteiger charge is -2.16. The first kappa shape index (κ1) is 14.2. The van der Waals surface area contributed by atoms with Crippen LogP contribution in [0.25, 0.3) is 0 Å². The van der Waals surface area contributed by atoms with Crippen LogP contribution in [0.15, 0.2) is 36.4 Å². The van der Waals surface area contributed by atoms with Gasteiger partial charge in [-0.05, 0) is 43.8 Å². The van der Waals surface area contributed by atoms with Gasteiger partial charge in [0.05, 0.1) is 11.3 Å². The van der Waals surface area contributed by atoms with E-state index < -0.39 is 5.82 Å². The summed E-state index contributed by atoms with van der Waals surface area (Å²) in [5.74, 6) is -0.473. The Morgan fingerprint density at radius 3 is 2.75 bits per heavy atom. The Bertz CT molecular complexity index is 646. The van der Waals surface area contributed by atoms with Gasteiger partial charge in [0.15, 0.2) is 0 Å². The van der Waals surface area contributed by atoms with Crippen molar-refractivity contribution < 1.29 is 4.39 Å². The Hall–Kier alpha value is -2.25. The van der Waals surface area contributed by atoms with Gasteiger partial charge < -0.3 is 0 Å². The molecule has 2 aromatic rings. The van der Waals surface area contributed by atoms with Gasteiger partial charge in [-0.25, -0.2) is 4.39 Å². The molecule has 0 aliphatic heterocycles. The number of benzene rings is 1. The summed E-state index contributed by atoms with van der Waals surface area (Å²) in [5.41, 5.74) is 2.99. The number of aryl methyl sites for hydroxylation is 1. The second-order valence-corrected chi connectivity index (χ2v) is 4.87. The summed E-state index contributed by atoms with van der Waals surface area (Å²) in [5, 5.41) is 8.83. The maximum atomic E-state index is 13.3. The molecule has 0 spiro atoms. The molecule has 0 bridgehead atoms. The minimum Gasteiger partial charge on any atom is -0.296 e. The predicted octanol–water partition coefficient (Wildman–Crippen LogP) is 3.03. The van der Waals surface area contributed by atoms with Crippen LogP contribution in [0, 0.1) is 24.1 Å². The molecule has 0 aliphatic rings. The topological polar surface area (TPSA) is 39.9 Å².